The van der Waals surface area contributed by atoms with Gasteiger partial charge in [0.1, 0.15) is 29.5 Å². The Morgan fingerprint density at radius 2 is 1.78 bits per heavy atom. The van der Waals surface area contributed by atoms with Gasteiger partial charge in [-0.15, -0.1) is 0 Å². The summed E-state index contributed by atoms with van der Waals surface area (Å²) < 4.78 is 30.9. The molecule has 0 bridgehead atoms. The number of carbonyl (C=O) groups is 1. The number of aromatic nitrogens is 1. The third-order valence-corrected chi connectivity index (χ3v) is 6.14. The van der Waals surface area contributed by atoms with E-state index in [9.17, 15) is 14.0 Å². The molecule has 1 amide bonds. The van der Waals surface area contributed by atoms with E-state index in [1.807, 2.05) is 30.3 Å². The van der Waals surface area contributed by atoms with E-state index in [4.69, 9.17) is 13.7 Å². The van der Waals surface area contributed by atoms with Gasteiger partial charge in [0.05, 0.1) is 17.0 Å². The Morgan fingerprint density at radius 1 is 1.00 bits per heavy atom. The third-order valence-electron chi connectivity index (χ3n) is 6.14. The van der Waals surface area contributed by atoms with Crippen molar-refractivity contribution in [2.24, 2.45) is 0 Å². The lowest BCUT2D eigenvalue weighted by molar-refractivity contribution is 0.0969. The molecule has 3 aromatic carbocycles. The molecule has 8 heteroatoms. The van der Waals surface area contributed by atoms with Crippen molar-refractivity contribution >= 4 is 22.7 Å². The Morgan fingerprint density at radius 3 is 2.50 bits per heavy atom. The maximum absolute atomic E-state index is 14.0. The summed E-state index contributed by atoms with van der Waals surface area (Å²) in [7, 11) is 0. The zero-order chi connectivity index (χ0) is 24.8. The van der Waals surface area contributed by atoms with Crippen LogP contribution in [0.2, 0.25) is 0 Å². The number of aryl methyl sites for hydroxylation is 1. The number of halogens is 1. The highest BCUT2D eigenvalue weighted by atomic mass is 19.1. The summed E-state index contributed by atoms with van der Waals surface area (Å²) in [5.74, 6) is 0.171. The quantitative estimate of drug-likeness (QED) is 0.326. The van der Waals surface area contributed by atoms with Crippen molar-refractivity contribution in [1.29, 1.82) is 0 Å². The highest BCUT2D eigenvalue weighted by Crippen LogP contribution is 2.41. The molecular formula is C28H19FN2O5. The van der Waals surface area contributed by atoms with Crippen LogP contribution < -0.4 is 15.1 Å². The Labute approximate surface area is 204 Å². The number of ether oxygens (including phenoxy) is 1. The summed E-state index contributed by atoms with van der Waals surface area (Å²) in [6.07, 6.45) is 0. The van der Waals surface area contributed by atoms with Crippen molar-refractivity contribution in [3.8, 4) is 5.75 Å². The van der Waals surface area contributed by atoms with Gasteiger partial charge >= 0.3 is 0 Å². The molecule has 178 valence electrons. The van der Waals surface area contributed by atoms with Crippen molar-refractivity contribution in [3.05, 3.63) is 123 Å². The van der Waals surface area contributed by atoms with Crippen molar-refractivity contribution in [1.82, 2.24) is 5.16 Å². The Bertz CT molecular complexity index is 1660. The summed E-state index contributed by atoms with van der Waals surface area (Å²) in [6, 6.07) is 21.3. The monoisotopic (exact) mass is 482 g/mol. The highest BCUT2D eigenvalue weighted by Gasteiger charge is 2.44. The fraction of sp³-hybridized carbons (Fsp3) is 0.107. The standard InChI is InChI=1S/C28H19FN2O5/c1-16-13-23(30-36-16)31-25(18-7-10-20(11-8-18)34-15-17-5-3-2-4-6-17)24-26(32)21-14-19(29)9-12-22(21)35-27(24)28(31)33/h2-14,25H,15H2,1H3/t25-/m0/s1. The smallest absolute Gasteiger partial charge is 0.296 e. The van der Waals surface area contributed by atoms with E-state index in [0.717, 1.165) is 11.6 Å². The normalized spacial score (nSPS) is 14.9. The maximum Gasteiger partial charge on any atom is 0.296 e. The molecule has 2 aromatic heterocycles. The average Bonchev–Trinajstić information content (AvgIpc) is 3.45. The molecule has 6 rings (SSSR count). The minimum Gasteiger partial charge on any atom is -0.489 e. The van der Waals surface area contributed by atoms with Gasteiger partial charge in [-0.05, 0) is 48.4 Å². The molecule has 36 heavy (non-hydrogen) atoms. The number of hydrogen-bond donors (Lipinski definition) is 0. The second-order valence-electron chi connectivity index (χ2n) is 8.53. The van der Waals surface area contributed by atoms with Gasteiger partial charge in [-0.3, -0.25) is 14.5 Å². The number of nitrogens with zero attached hydrogens (tertiary/aromatic N) is 2. The zero-order valence-electron chi connectivity index (χ0n) is 19.1. The Balaban J connectivity index is 1.44. The number of benzene rings is 3. The van der Waals surface area contributed by atoms with Crippen LogP contribution in [0.15, 0.2) is 92.6 Å². The molecular weight excluding hydrogens is 463 g/mol. The SMILES string of the molecule is Cc1cc(N2C(=O)c3oc4ccc(F)cc4c(=O)c3[C@@H]2c2ccc(OCc3ccccc3)cc2)no1. The van der Waals surface area contributed by atoms with Gasteiger partial charge in [-0.25, -0.2) is 4.39 Å². The Kier molecular flexibility index (Phi) is 5.14. The largest absolute Gasteiger partial charge is 0.489 e. The molecule has 0 N–H and O–H groups in total. The van der Waals surface area contributed by atoms with Crippen LogP contribution in [0, 0.1) is 12.7 Å². The first-order valence-electron chi connectivity index (χ1n) is 11.3. The molecule has 7 nitrogen and oxygen atoms in total. The highest BCUT2D eigenvalue weighted by molar-refractivity contribution is 6.10. The summed E-state index contributed by atoms with van der Waals surface area (Å²) in [5.41, 5.74) is 1.45. The molecule has 0 saturated heterocycles. The molecule has 0 fully saturated rings. The van der Waals surface area contributed by atoms with Crippen LogP contribution in [0.4, 0.5) is 10.2 Å². The minimum atomic E-state index is -0.843. The van der Waals surface area contributed by atoms with Gasteiger partial charge in [0.25, 0.3) is 5.91 Å². The fourth-order valence-electron chi connectivity index (χ4n) is 4.45. The van der Waals surface area contributed by atoms with Gasteiger partial charge < -0.3 is 13.7 Å². The number of amides is 1. The number of anilines is 1. The molecule has 1 aliphatic rings. The van der Waals surface area contributed by atoms with Crippen molar-refractivity contribution in [2.45, 2.75) is 19.6 Å². The van der Waals surface area contributed by atoms with Crippen LogP contribution in [0.3, 0.4) is 0 Å². The lowest BCUT2D eigenvalue weighted by atomic mass is 9.98. The Hall–Kier alpha value is -4.72. The second-order valence-corrected chi connectivity index (χ2v) is 8.53. The minimum absolute atomic E-state index is 0.0625. The summed E-state index contributed by atoms with van der Waals surface area (Å²) >= 11 is 0. The van der Waals surface area contributed by atoms with Crippen LogP contribution in [0.25, 0.3) is 11.0 Å². The van der Waals surface area contributed by atoms with Crippen LogP contribution in [0.5, 0.6) is 5.75 Å². The van der Waals surface area contributed by atoms with Crippen LogP contribution in [0.1, 0.15) is 39.0 Å². The van der Waals surface area contributed by atoms with Crippen molar-refractivity contribution in [3.63, 3.8) is 0 Å². The molecule has 1 aliphatic heterocycles. The predicted octanol–water partition coefficient (Wildman–Crippen LogP) is 5.56. The molecule has 0 saturated carbocycles. The van der Waals surface area contributed by atoms with E-state index in [-0.39, 0.29) is 28.1 Å². The van der Waals surface area contributed by atoms with E-state index in [1.54, 1.807) is 37.3 Å². The molecule has 0 spiro atoms. The number of rotatable bonds is 5. The first-order chi connectivity index (χ1) is 17.5. The molecule has 0 unspecified atom stereocenters. The van der Waals surface area contributed by atoms with E-state index in [2.05, 4.69) is 5.16 Å². The fourth-order valence-corrected chi connectivity index (χ4v) is 4.45. The number of carbonyl (C=O) groups excluding carboxylic acids is 1. The summed E-state index contributed by atoms with van der Waals surface area (Å²) in [6.45, 7) is 2.11. The number of fused-ring (bicyclic) bond motifs is 2. The van der Waals surface area contributed by atoms with E-state index < -0.39 is 23.2 Å². The maximum atomic E-state index is 14.0. The summed E-state index contributed by atoms with van der Waals surface area (Å²) in [5, 5.41) is 4.07. The van der Waals surface area contributed by atoms with Gasteiger partial charge in [0, 0.05) is 6.07 Å². The molecule has 3 heterocycles. The van der Waals surface area contributed by atoms with Gasteiger partial charge in [-0.2, -0.15) is 0 Å². The van der Waals surface area contributed by atoms with Crippen LogP contribution in [-0.4, -0.2) is 11.1 Å². The van der Waals surface area contributed by atoms with E-state index in [0.29, 0.717) is 23.7 Å². The van der Waals surface area contributed by atoms with Crippen LogP contribution >= 0.6 is 0 Å². The van der Waals surface area contributed by atoms with E-state index in [1.165, 1.54) is 17.0 Å². The molecule has 0 radical (unpaired) electrons. The first-order valence-corrected chi connectivity index (χ1v) is 11.3. The molecule has 0 aliphatic carbocycles. The van der Waals surface area contributed by atoms with Crippen molar-refractivity contribution < 1.29 is 22.9 Å². The molecule has 1 atom stereocenters. The second kappa shape index (κ2) is 8.49. The van der Waals surface area contributed by atoms with Gasteiger partial charge in [0.2, 0.25) is 5.76 Å². The topological polar surface area (TPSA) is 85.8 Å². The van der Waals surface area contributed by atoms with Crippen molar-refractivity contribution in [2.75, 3.05) is 4.90 Å². The van der Waals surface area contributed by atoms with Gasteiger partial charge in [0.15, 0.2) is 11.2 Å². The first kappa shape index (κ1) is 21.8. The van der Waals surface area contributed by atoms with Gasteiger partial charge in [-0.1, -0.05) is 47.6 Å². The zero-order valence-corrected chi connectivity index (χ0v) is 19.1. The average molecular weight is 482 g/mol. The lowest BCUT2D eigenvalue weighted by Gasteiger charge is -2.22. The van der Waals surface area contributed by atoms with E-state index >= 15 is 0 Å². The lowest BCUT2D eigenvalue weighted by Crippen LogP contribution is -2.29. The number of hydrogen-bond acceptors (Lipinski definition) is 6. The summed E-state index contributed by atoms with van der Waals surface area (Å²) in [4.78, 5) is 28.4. The molecule has 5 aromatic rings. The third kappa shape index (κ3) is 3.63. The predicted molar refractivity (Wildman–Crippen MR) is 130 cm³/mol. The van der Waals surface area contributed by atoms with Crippen LogP contribution in [-0.2, 0) is 6.61 Å².